The quantitative estimate of drug-likeness (QED) is 0.415. The van der Waals surface area contributed by atoms with Gasteiger partial charge in [0.25, 0.3) is 0 Å². The van der Waals surface area contributed by atoms with Crippen molar-refractivity contribution in [2.45, 2.75) is 24.5 Å². The molecule has 6 rings (SSSR count). The molecular weight excluding hydrogens is 390 g/mol. The zero-order chi connectivity index (χ0) is 20.4. The molecular formula is C21H17N3O6. The van der Waals surface area contributed by atoms with Gasteiger partial charge in [-0.15, -0.1) is 0 Å². The van der Waals surface area contributed by atoms with Gasteiger partial charge in [-0.2, -0.15) is 0 Å². The second-order valence-corrected chi connectivity index (χ2v) is 7.30. The molecule has 30 heavy (non-hydrogen) atoms. The van der Waals surface area contributed by atoms with Crippen LogP contribution in [0.3, 0.4) is 0 Å². The molecule has 1 aliphatic heterocycles. The fourth-order valence-electron chi connectivity index (χ4n) is 4.20. The number of hydrogen-bond acceptors (Lipinski definition) is 8. The van der Waals surface area contributed by atoms with Crippen molar-refractivity contribution in [1.29, 1.82) is 0 Å². The smallest absolute Gasteiger partial charge is 0.165 e. The standard InChI is InChI=1S/C21H17N3O6/c25-8-14-17(26)18(27)21(30-14)24-11-5-6-28-19(11)15-16(22-9-23-20(15)24)13-7-10-3-1-2-4-12(10)29-13/h1-7,9,14,17-18,21,25-27H,8H2/t14-,17-,18-,21-/m1/s1. The normalized spacial score (nSPS) is 24.5. The summed E-state index contributed by atoms with van der Waals surface area (Å²) in [6.45, 7) is -0.415. The Morgan fingerprint density at radius 3 is 2.73 bits per heavy atom. The number of hydrogen-bond donors (Lipinski definition) is 3. The Morgan fingerprint density at radius 2 is 1.93 bits per heavy atom. The lowest BCUT2D eigenvalue weighted by Crippen LogP contribution is -2.33. The number of aliphatic hydroxyl groups is 3. The topological polar surface area (TPSA) is 127 Å². The Labute approximate surface area is 168 Å². The molecule has 0 aliphatic carbocycles. The van der Waals surface area contributed by atoms with Gasteiger partial charge in [-0.3, -0.25) is 4.57 Å². The molecule has 0 saturated carbocycles. The van der Waals surface area contributed by atoms with Crippen molar-refractivity contribution in [3.63, 3.8) is 0 Å². The molecule has 0 amide bonds. The summed E-state index contributed by atoms with van der Waals surface area (Å²) in [6.07, 6.45) is -1.40. The van der Waals surface area contributed by atoms with Gasteiger partial charge in [-0.25, -0.2) is 9.97 Å². The lowest BCUT2D eigenvalue weighted by Gasteiger charge is -2.18. The molecule has 0 spiro atoms. The highest BCUT2D eigenvalue weighted by molar-refractivity contribution is 6.09. The van der Waals surface area contributed by atoms with Crippen LogP contribution in [0.15, 0.2) is 57.8 Å². The first kappa shape index (κ1) is 17.6. The van der Waals surface area contributed by atoms with E-state index in [2.05, 4.69) is 9.97 Å². The number of aromatic nitrogens is 3. The summed E-state index contributed by atoms with van der Waals surface area (Å²) in [5.41, 5.74) is 2.88. The Morgan fingerprint density at radius 1 is 1.07 bits per heavy atom. The molecule has 1 aromatic carbocycles. The van der Waals surface area contributed by atoms with Crippen molar-refractivity contribution in [2.75, 3.05) is 6.61 Å². The van der Waals surface area contributed by atoms with Crippen molar-refractivity contribution in [1.82, 2.24) is 14.5 Å². The van der Waals surface area contributed by atoms with Gasteiger partial charge >= 0.3 is 0 Å². The average Bonchev–Trinajstić information content (AvgIpc) is 3.51. The first-order chi connectivity index (χ1) is 14.7. The van der Waals surface area contributed by atoms with Crippen LogP contribution in [0.1, 0.15) is 6.23 Å². The van der Waals surface area contributed by atoms with Crippen LogP contribution in [0.2, 0.25) is 0 Å². The molecule has 1 aliphatic rings. The zero-order valence-corrected chi connectivity index (χ0v) is 15.5. The van der Waals surface area contributed by atoms with Gasteiger partial charge in [-0.05, 0) is 12.1 Å². The van der Waals surface area contributed by atoms with Gasteiger partial charge in [0, 0.05) is 11.5 Å². The molecule has 1 fully saturated rings. The highest BCUT2D eigenvalue weighted by atomic mass is 16.6. The monoisotopic (exact) mass is 407 g/mol. The fraction of sp³-hybridized carbons (Fsp3) is 0.238. The number of furan rings is 2. The number of aliphatic hydroxyl groups excluding tert-OH is 3. The summed E-state index contributed by atoms with van der Waals surface area (Å²) in [4.78, 5) is 8.84. The van der Waals surface area contributed by atoms with Crippen LogP contribution >= 0.6 is 0 Å². The second kappa shape index (κ2) is 6.38. The van der Waals surface area contributed by atoms with Gasteiger partial charge in [0.15, 0.2) is 23.2 Å². The largest absolute Gasteiger partial charge is 0.462 e. The molecule has 9 nitrogen and oxygen atoms in total. The molecule has 4 atom stereocenters. The van der Waals surface area contributed by atoms with Gasteiger partial charge in [0.1, 0.15) is 35.9 Å². The Kier molecular flexibility index (Phi) is 3.74. The van der Waals surface area contributed by atoms with E-state index in [1.54, 1.807) is 10.6 Å². The van der Waals surface area contributed by atoms with E-state index in [1.165, 1.54) is 12.6 Å². The number of para-hydroxylation sites is 1. The minimum Gasteiger partial charge on any atom is -0.462 e. The lowest BCUT2D eigenvalue weighted by molar-refractivity contribution is -0.0489. The molecule has 3 N–H and O–H groups in total. The molecule has 1 saturated heterocycles. The van der Waals surface area contributed by atoms with Crippen molar-refractivity contribution in [3.8, 4) is 11.5 Å². The SMILES string of the molecule is OC[C@H]1O[C@@H](n2c3ccoc3c3c(-c4cc5ccccc5o4)ncnc32)[C@H](O)[C@@H]1O. The van der Waals surface area contributed by atoms with Crippen LogP contribution in [-0.4, -0.2) is 54.8 Å². The Hall–Kier alpha value is -3.24. The van der Waals surface area contributed by atoms with Crippen molar-refractivity contribution in [3.05, 3.63) is 49.0 Å². The van der Waals surface area contributed by atoms with E-state index in [1.807, 2.05) is 30.3 Å². The Balaban J connectivity index is 1.61. The minimum absolute atomic E-state index is 0.415. The van der Waals surface area contributed by atoms with E-state index < -0.39 is 31.1 Å². The van der Waals surface area contributed by atoms with Crippen LogP contribution in [0.25, 0.3) is 44.6 Å². The van der Waals surface area contributed by atoms with E-state index in [9.17, 15) is 15.3 Å². The molecule has 0 unspecified atom stereocenters. The molecule has 5 heterocycles. The van der Waals surface area contributed by atoms with Crippen LogP contribution in [-0.2, 0) is 4.74 Å². The molecule has 0 radical (unpaired) electrons. The maximum absolute atomic E-state index is 10.6. The predicted molar refractivity (Wildman–Crippen MR) is 106 cm³/mol. The van der Waals surface area contributed by atoms with Crippen LogP contribution < -0.4 is 0 Å². The summed E-state index contributed by atoms with van der Waals surface area (Å²) in [5.74, 6) is 0.556. The molecule has 5 aromatic rings. The summed E-state index contributed by atoms with van der Waals surface area (Å²) >= 11 is 0. The zero-order valence-electron chi connectivity index (χ0n) is 15.5. The summed E-state index contributed by atoms with van der Waals surface area (Å²) < 4.78 is 19.1. The van der Waals surface area contributed by atoms with Gasteiger partial charge in [0.05, 0.1) is 23.8 Å². The highest BCUT2D eigenvalue weighted by Gasteiger charge is 2.45. The van der Waals surface area contributed by atoms with Crippen molar-refractivity contribution < 1.29 is 28.9 Å². The Bertz CT molecular complexity index is 1350. The number of fused-ring (bicyclic) bond motifs is 4. The van der Waals surface area contributed by atoms with E-state index in [0.29, 0.717) is 33.6 Å². The van der Waals surface area contributed by atoms with Crippen LogP contribution in [0, 0.1) is 0 Å². The lowest BCUT2D eigenvalue weighted by atomic mass is 10.1. The molecule has 152 valence electrons. The molecule has 4 aromatic heterocycles. The summed E-state index contributed by atoms with van der Waals surface area (Å²) in [7, 11) is 0. The number of nitrogens with zero attached hydrogens (tertiary/aromatic N) is 3. The molecule has 9 heteroatoms. The third-order valence-corrected chi connectivity index (χ3v) is 5.62. The van der Waals surface area contributed by atoms with E-state index in [4.69, 9.17) is 13.6 Å². The fourth-order valence-corrected chi connectivity index (χ4v) is 4.20. The van der Waals surface area contributed by atoms with Crippen LogP contribution in [0.4, 0.5) is 0 Å². The highest BCUT2D eigenvalue weighted by Crippen LogP contribution is 2.41. The minimum atomic E-state index is -1.25. The summed E-state index contributed by atoms with van der Waals surface area (Å²) in [5, 5.41) is 31.8. The summed E-state index contributed by atoms with van der Waals surface area (Å²) in [6, 6.07) is 11.3. The van der Waals surface area contributed by atoms with Gasteiger partial charge in [0.2, 0.25) is 0 Å². The van der Waals surface area contributed by atoms with Gasteiger partial charge < -0.3 is 28.9 Å². The third-order valence-electron chi connectivity index (χ3n) is 5.62. The van der Waals surface area contributed by atoms with E-state index in [-0.39, 0.29) is 0 Å². The number of benzene rings is 1. The number of ether oxygens (including phenoxy) is 1. The first-order valence-corrected chi connectivity index (χ1v) is 9.51. The average molecular weight is 407 g/mol. The van der Waals surface area contributed by atoms with Crippen molar-refractivity contribution in [2.24, 2.45) is 0 Å². The first-order valence-electron chi connectivity index (χ1n) is 9.51. The molecule has 0 bridgehead atoms. The predicted octanol–water partition coefficient (Wildman–Crippen LogP) is 2.20. The second-order valence-electron chi connectivity index (χ2n) is 7.30. The maximum atomic E-state index is 10.6. The number of rotatable bonds is 3. The maximum Gasteiger partial charge on any atom is 0.165 e. The van der Waals surface area contributed by atoms with E-state index in [0.717, 1.165) is 11.0 Å². The van der Waals surface area contributed by atoms with Crippen LogP contribution in [0.5, 0.6) is 0 Å². The van der Waals surface area contributed by atoms with Gasteiger partial charge in [-0.1, -0.05) is 18.2 Å². The van der Waals surface area contributed by atoms with Crippen molar-refractivity contribution >= 4 is 33.1 Å². The third kappa shape index (κ3) is 2.31. The van der Waals surface area contributed by atoms with E-state index >= 15 is 0 Å².